The Labute approximate surface area is 167 Å². The molecule has 0 saturated heterocycles. The molecular formula is C22H19FN6. The van der Waals surface area contributed by atoms with Crippen molar-refractivity contribution in [3.05, 3.63) is 54.2 Å². The summed E-state index contributed by atoms with van der Waals surface area (Å²) in [6, 6.07) is 9.41. The third-order valence-corrected chi connectivity index (χ3v) is 5.59. The summed E-state index contributed by atoms with van der Waals surface area (Å²) in [6.45, 7) is 2.19. The molecule has 29 heavy (non-hydrogen) atoms. The van der Waals surface area contributed by atoms with Crippen LogP contribution in [-0.4, -0.2) is 31.6 Å². The van der Waals surface area contributed by atoms with E-state index in [1.54, 1.807) is 4.40 Å². The number of halogens is 1. The average molecular weight is 386 g/mol. The van der Waals surface area contributed by atoms with Crippen molar-refractivity contribution < 1.29 is 4.39 Å². The molecule has 6 nitrogen and oxygen atoms in total. The van der Waals surface area contributed by atoms with Crippen LogP contribution in [0.3, 0.4) is 0 Å². The highest BCUT2D eigenvalue weighted by atomic mass is 19.1. The molecule has 1 aliphatic carbocycles. The third-order valence-electron chi connectivity index (χ3n) is 5.59. The zero-order valence-electron chi connectivity index (χ0n) is 16.2. The Morgan fingerprint density at radius 2 is 2.14 bits per heavy atom. The average Bonchev–Trinajstić information content (AvgIpc) is 3.38. The first-order valence-corrected chi connectivity index (χ1v) is 9.60. The van der Waals surface area contributed by atoms with E-state index in [1.807, 2.05) is 36.2 Å². The van der Waals surface area contributed by atoms with Gasteiger partial charge in [0.15, 0.2) is 5.65 Å². The Bertz CT molecular complexity index is 1300. The summed E-state index contributed by atoms with van der Waals surface area (Å²) in [6.07, 6.45) is 6.17. The van der Waals surface area contributed by atoms with E-state index in [0.717, 1.165) is 17.7 Å². The van der Waals surface area contributed by atoms with Gasteiger partial charge in [0.2, 0.25) is 0 Å². The lowest BCUT2D eigenvalue weighted by atomic mass is 10.0. The topological polar surface area (TPSA) is 59.2 Å². The lowest BCUT2D eigenvalue weighted by Gasteiger charge is -2.20. The van der Waals surface area contributed by atoms with E-state index in [1.165, 1.54) is 31.4 Å². The van der Waals surface area contributed by atoms with Crippen LogP contribution in [0.15, 0.2) is 42.9 Å². The molecule has 0 unspecified atom stereocenters. The molecule has 0 N–H and O–H groups in total. The van der Waals surface area contributed by atoms with E-state index in [0.29, 0.717) is 22.6 Å². The number of nitrogens with zero attached hydrogens (tertiary/aromatic N) is 6. The van der Waals surface area contributed by atoms with Crippen LogP contribution in [0.4, 0.5) is 15.9 Å². The number of hydrogen-bond donors (Lipinski definition) is 0. The lowest BCUT2D eigenvalue weighted by molar-refractivity contribution is 0.623. The van der Waals surface area contributed by atoms with Gasteiger partial charge < -0.3 is 4.90 Å². The largest absolute Gasteiger partial charge is 0.329 e. The van der Waals surface area contributed by atoms with Crippen molar-refractivity contribution in [3.63, 3.8) is 0 Å². The van der Waals surface area contributed by atoms with Gasteiger partial charge in [-0.15, -0.1) is 10.2 Å². The fourth-order valence-corrected chi connectivity index (χ4v) is 3.49. The van der Waals surface area contributed by atoms with Crippen molar-refractivity contribution in [2.45, 2.75) is 26.2 Å². The molecule has 0 bridgehead atoms. The van der Waals surface area contributed by atoms with Crippen LogP contribution < -0.4 is 4.90 Å². The number of aromatic nitrogens is 5. The summed E-state index contributed by atoms with van der Waals surface area (Å²) in [5.41, 5.74) is 2.62. The Morgan fingerprint density at radius 3 is 2.93 bits per heavy atom. The van der Waals surface area contributed by atoms with Crippen molar-refractivity contribution in [2.24, 2.45) is 5.41 Å². The van der Waals surface area contributed by atoms with Crippen LogP contribution in [-0.2, 0) is 0 Å². The van der Waals surface area contributed by atoms with Crippen LogP contribution in [0.5, 0.6) is 0 Å². The van der Waals surface area contributed by atoms with Gasteiger partial charge in [0.05, 0.1) is 11.6 Å². The molecule has 1 fully saturated rings. The Morgan fingerprint density at radius 1 is 1.28 bits per heavy atom. The van der Waals surface area contributed by atoms with E-state index in [-0.39, 0.29) is 5.41 Å². The Hall–Kier alpha value is -3.53. The highest BCUT2D eigenvalue weighted by molar-refractivity contribution is 5.91. The minimum absolute atomic E-state index is 0.210. The molecule has 5 rings (SSSR count). The number of pyridine rings is 1. The molecule has 1 aromatic carbocycles. The van der Waals surface area contributed by atoms with E-state index < -0.39 is 5.82 Å². The van der Waals surface area contributed by atoms with Gasteiger partial charge in [0, 0.05) is 23.7 Å². The second kappa shape index (κ2) is 6.52. The van der Waals surface area contributed by atoms with Gasteiger partial charge >= 0.3 is 0 Å². The number of fused-ring (bicyclic) bond motifs is 3. The second-order valence-corrected chi connectivity index (χ2v) is 7.45. The highest BCUT2D eigenvalue weighted by Gasteiger charge is 2.38. The summed E-state index contributed by atoms with van der Waals surface area (Å²) in [4.78, 5) is 10.7. The summed E-state index contributed by atoms with van der Waals surface area (Å²) in [5.74, 6) is 7.30. The fourth-order valence-electron chi connectivity index (χ4n) is 3.49. The molecule has 7 heteroatoms. The third kappa shape index (κ3) is 3.07. The van der Waals surface area contributed by atoms with Gasteiger partial charge in [-0.25, -0.2) is 13.8 Å². The maximum atomic E-state index is 14.0. The lowest BCUT2D eigenvalue weighted by Crippen LogP contribution is -2.13. The highest BCUT2D eigenvalue weighted by Crippen LogP contribution is 2.47. The predicted molar refractivity (Wildman–Crippen MR) is 109 cm³/mol. The molecule has 1 saturated carbocycles. The minimum Gasteiger partial charge on any atom is -0.329 e. The van der Waals surface area contributed by atoms with Gasteiger partial charge in [-0.3, -0.25) is 0 Å². The molecule has 1 aliphatic rings. The molecule has 0 spiro atoms. The van der Waals surface area contributed by atoms with Gasteiger partial charge in [-0.1, -0.05) is 24.8 Å². The van der Waals surface area contributed by atoms with Gasteiger partial charge in [0.25, 0.3) is 5.78 Å². The fraction of sp³-hybridized carbons (Fsp3) is 0.273. The number of hydrogen-bond acceptors (Lipinski definition) is 5. The first kappa shape index (κ1) is 17.6. The molecule has 0 aliphatic heterocycles. The maximum absolute atomic E-state index is 14.0. The Kier molecular flexibility index (Phi) is 3.95. The number of benzene rings is 1. The molecule has 144 valence electrons. The normalized spacial score (nSPS) is 14.6. The van der Waals surface area contributed by atoms with Gasteiger partial charge in [-0.05, 0) is 43.5 Å². The molecule has 3 aromatic heterocycles. The quantitative estimate of drug-likeness (QED) is 0.496. The molecule has 3 heterocycles. The predicted octanol–water partition coefficient (Wildman–Crippen LogP) is 4.12. The smallest absolute Gasteiger partial charge is 0.258 e. The second-order valence-electron chi connectivity index (χ2n) is 7.45. The van der Waals surface area contributed by atoms with Gasteiger partial charge in [-0.2, -0.15) is 4.98 Å². The zero-order chi connectivity index (χ0) is 20.0. The molecule has 0 radical (unpaired) electrons. The maximum Gasteiger partial charge on any atom is 0.258 e. The monoisotopic (exact) mass is 386 g/mol. The van der Waals surface area contributed by atoms with E-state index >= 15 is 0 Å². The first-order valence-electron chi connectivity index (χ1n) is 9.60. The Balaban J connectivity index is 1.60. The van der Waals surface area contributed by atoms with Crippen LogP contribution in [0, 0.1) is 23.1 Å². The summed E-state index contributed by atoms with van der Waals surface area (Å²) >= 11 is 0. The van der Waals surface area contributed by atoms with Crippen LogP contribution in [0.2, 0.25) is 0 Å². The van der Waals surface area contributed by atoms with Crippen molar-refractivity contribution in [1.29, 1.82) is 0 Å². The zero-order valence-corrected chi connectivity index (χ0v) is 16.2. The summed E-state index contributed by atoms with van der Waals surface area (Å²) in [5, 5.41) is 8.52. The van der Waals surface area contributed by atoms with E-state index in [4.69, 9.17) is 0 Å². The van der Waals surface area contributed by atoms with Gasteiger partial charge in [0.1, 0.15) is 18.0 Å². The SMILES string of the molecule is CCC1(C#Cc2cccc(N(C)c3nc4nncn4c4ncc(F)cc34)c2)CC1. The van der Waals surface area contributed by atoms with Crippen LogP contribution in [0.1, 0.15) is 31.7 Å². The standard InChI is InChI=1S/C22H19FN6/c1-3-22(9-10-22)8-7-15-5-4-6-17(11-15)28(2)20-18-12-16(23)13-24-19(18)29-14-25-27-21(29)26-20/h4-6,11-14H,3,9-10H2,1-2H3. The van der Waals surface area contributed by atoms with E-state index in [2.05, 4.69) is 38.9 Å². The minimum atomic E-state index is -0.421. The first-order chi connectivity index (χ1) is 14.1. The van der Waals surface area contributed by atoms with Crippen molar-refractivity contribution in [3.8, 4) is 11.8 Å². The van der Waals surface area contributed by atoms with Crippen molar-refractivity contribution in [1.82, 2.24) is 24.6 Å². The van der Waals surface area contributed by atoms with Crippen molar-refractivity contribution in [2.75, 3.05) is 11.9 Å². The van der Waals surface area contributed by atoms with Crippen molar-refractivity contribution >= 4 is 28.3 Å². The van der Waals surface area contributed by atoms with E-state index in [9.17, 15) is 4.39 Å². The molecule has 0 atom stereocenters. The molecule has 4 aromatic rings. The molecule has 0 amide bonds. The number of rotatable bonds is 3. The van der Waals surface area contributed by atoms with Crippen LogP contribution in [0.25, 0.3) is 16.8 Å². The number of anilines is 2. The van der Waals surface area contributed by atoms with Crippen LogP contribution >= 0.6 is 0 Å². The summed E-state index contributed by atoms with van der Waals surface area (Å²) < 4.78 is 15.6. The summed E-state index contributed by atoms with van der Waals surface area (Å²) in [7, 11) is 1.89. The molecular weight excluding hydrogens is 367 g/mol.